The second-order valence-corrected chi connectivity index (χ2v) is 4.14. The molecule has 1 nitrogen and oxygen atoms in total. The van der Waals surface area contributed by atoms with Crippen molar-refractivity contribution in [1.82, 2.24) is 0 Å². The summed E-state index contributed by atoms with van der Waals surface area (Å²) in [6, 6.07) is 0. The first-order valence-electron chi connectivity index (χ1n) is 4.77. The lowest BCUT2D eigenvalue weighted by atomic mass is 9.88. The van der Waals surface area contributed by atoms with Crippen molar-refractivity contribution in [2.75, 3.05) is 0 Å². The molecule has 0 heterocycles. The van der Waals surface area contributed by atoms with E-state index in [1.807, 2.05) is 0 Å². The number of aliphatic hydroxyl groups is 1. The molecule has 1 aliphatic carbocycles. The Labute approximate surface area is 69.8 Å². The molecule has 0 aromatic carbocycles. The standard InChI is InChI=1S/C10H20O/c1-5-9-6(2)7(3)10(11)8(9)4/h6-11H,5H2,1-4H3. The maximum Gasteiger partial charge on any atom is 0.0596 e. The van der Waals surface area contributed by atoms with Gasteiger partial charge in [-0.3, -0.25) is 0 Å². The van der Waals surface area contributed by atoms with Crippen molar-refractivity contribution in [3.05, 3.63) is 0 Å². The van der Waals surface area contributed by atoms with E-state index in [1.165, 1.54) is 6.42 Å². The minimum Gasteiger partial charge on any atom is -0.393 e. The number of hydrogen-bond donors (Lipinski definition) is 1. The molecule has 1 fully saturated rings. The average molecular weight is 156 g/mol. The van der Waals surface area contributed by atoms with Crippen LogP contribution in [0.15, 0.2) is 0 Å². The normalized spacial score (nSPS) is 51.5. The van der Waals surface area contributed by atoms with Gasteiger partial charge in [0.25, 0.3) is 0 Å². The van der Waals surface area contributed by atoms with Gasteiger partial charge >= 0.3 is 0 Å². The Morgan fingerprint density at radius 3 is 1.73 bits per heavy atom. The zero-order valence-electron chi connectivity index (χ0n) is 8.04. The van der Waals surface area contributed by atoms with Crippen LogP contribution in [0.5, 0.6) is 0 Å². The van der Waals surface area contributed by atoms with Gasteiger partial charge in [0.15, 0.2) is 0 Å². The SMILES string of the molecule is CCC1C(C)C(C)C(O)C1C. The van der Waals surface area contributed by atoms with Crippen LogP contribution in [0.25, 0.3) is 0 Å². The Bertz CT molecular complexity index is 119. The van der Waals surface area contributed by atoms with Crippen molar-refractivity contribution in [2.45, 2.75) is 40.2 Å². The van der Waals surface area contributed by atoms with Crippen LogP contribution >= 0.6 is 0 Å². The topological polar surface area (TPSA) is 20.2 Å². The number of aliphatic hydroxyl groups excluding tert-OH is 1. The van der Waals surface area contributed by atoms with Crippen LogP contribution in [0, 0.1) is 23.7 Å². The molecule has 0 aromatic rings. The summed E-state index contributed by atoms with van der Waals surface area (Å²) in [6.45, 7) is 8.84. The van der Waals surface area contributed by atoms with Crippen molar-refractivity contribution in [1.29, 1.82) is 0 Å². The zero-order valence-corrected chi connectivity index (χ0v) is 8.04. The van der Waals surface area contributed by atoms with E-state index in [9.17, 15) is 5.11 Å². The predicted molar refractivity (Wildman–Crippen MR) is 47.3 cm³/mol. The molecule has 5 unspecified atom stereocenters. The predicted octanol–water partition coefficient (Wildman–Crippen LogP) is 2.30. The highest BCUT2D eigenvalue weighted by Crippen LogP contribution is 2.42. The monoisotopic (exact) mass is 156 g/mol. The van der Waals surface area contributed by atoms with Gasteiger partial charge in [0.1, 0.15) is 0 Å². The van der Waals surface area contributed by atoms with Crippen molar-refractivity contribution in [3.8, 4) is 0 Å². The molecule has 0 amide bonds. The third-order valence-corrected chi connectivity index (χ3v) is 3.73. The lowest BCUT2D eigenvalue weighted by molar-refractivity contribution is 0.0943. The maximum atomic E-state index is 9.74. The molecular formula is C10H20O. The van der Waals surface area contributed by atoms with E-state index in [2.05, 4.69) is 27.7 Å². The molecular weight excluding hydrogens is 136 g/mol. The van der Waals surface area contributed by atoms with E-state index < -0.39 is 0 Å². The summed E-state index contributed by atoms with van der Waals surface area (Å²) in [6.07, 6.45) is 1.15. The third-order valence-electron chi connectivity index (χ3n) is 3.73. The van der Waals surface area contributed by atoms with Gasteiger partial charge in [0.2, 0.25) is 0 Å². The Hall–Kier alpha value is -0.0400. The second kappa shape index (κ2) is 3.14. The quantitative estimate of drug-likeness (QED) is 0.617. The molecule has 0 aromatic heterocycles. The van der Waals surface area contributed by atoms with Gasteiger partial charge in [0, 0.05) is 0 Å². The maximum absolute atomic E-state index is 9.74. The van der Waals surface area contributed by atoms with Gasteiger partial charge < -0.3 is 5.11 Å². The summed E-state index contributed by atoms with van der Waals surface area (Å²) in [5.41, 5.74) is 0. The lowest BCUT2D eigenvalue weighted by Gasteiger charge is -2.17. The van der Waals surface area contributed by atoms with E-state index in [-0.39, 0.29) is 6.10 Å². The fraction of sp³-hybridized carbons (Fsp3) is 1.00. The largest absolute Gasteiger partial charge is 0.393 e. The minimum atomic E-state index is -0.0602. The van der Waals surface area contributed by atoms with Gasteiger partial charge in [-0.2, -0.15) is 0 Å². The highest BCUT2D eigenvalue weighted by atomic mass is 16.3. The molecule has 1 heteroatoms. The fourth-order valence-corrected chi connectivity index (χ4v) is 2.66. The van der Waals surface area contributed by atoms with Crippen LogP contribution in [0.2, 0.25) is 0 Å². The van der Waals surface area contributed by atoms with Crippen LogP contribution in [0.4, 0.5) is 0 Å². The van der Waals surface area contributed by atoms with Crippen molar-refractivity contribution >= 4 is 0 Å². The van der Waals surface area contributed by atoms with Crippen LogP contribution < -0.4 is 0 Å². The van der Waals surface area contributed by atoms with Gasteiger partial charge in [0.05, 0.1) is 6.10 Å². The third kappa shape index (κ3) is 1.31. The molecule has 5 atom stereocenters. The molecule has 1 N–H and O–H groups in total. The van der Waals surface area contributed by atoms with Crippen LogP contribution in [0.1, 0.15) is 34.1 Å². The van der Waals surface area contributed by atoms with Crippen LogP contribution in [-0.4, -0.2) is 11.2 Å². The molecule has 0 saturated heterocycles. The van der Waals surface area contributed by atoms with Crippen molar-refractivity contribution in [2.24, 2.45) is 23.7 Å². The first kappa shape index (κ1) is 9.05. The van der Waals surface area contributed by atoms with E-state index in [1.54, 1.807) is 0 Å². The molecule has 1 saturated carbocycles. The summed E-state index contributed by atoms with van der Waals surface area (Å²) in [5.74, 6) is 2.44. The Morgan fingerprint density at radius 2 is 1.55 bits per heavy atom. The highest BCUT2D eigenvalue weighted by Gasteiger charge is 2.41. The van der Waals surface area contributed by atoms with Crippen LogP contribution in [0.3, 0.4) is 0 Å². The summed E-state index contributed by atoms with van der Waals surface area (Å²) < 4.78 is 0. The fourth-order valence-electron chi connectivity index (χ4n) is 2.66. The lowest BCUT2D eigenvalue weighted by Crippen LogP contribution is -2.18. The zero-order chi connectivity index (χ0) is 8.59. The van der Waals surface area contributed by atoms with Crippen LogP contribution in [-0.2, 0) is 0 Å². The average Bonchev–Trinajstić information content (AvgIpc) is 2.17. The molecule has 0 aliphatic heterocycles. The first-order chi connectivity index (χ1) is 5.09. The van der Waals surface area contributed by atoms with Crippen molar-refractivity contribution in [3.63, 3.8) is 0 Å². The van der Waals surface area contributed by atoms with E-state index in [0.717, 1.165) is 5.92 Å². The molecule has 0 radical (unpaired) electrons. The molecule has 11 heavy (non-hydrogen) atoms. The summed E-state index contributed by atoms with van der Waals surface area (Å²) >= 11 is 0. The molecule has 0 bridgehead atoms. The van der Waals surface area contributed by atoms with Gasteiger partial charge in [-0.25, -0.2) is 0 Å². The van der Waals surface area contributed by atoms with Crippen molar-refractivity contribution < 1.29 is 5.11 Å². The van der Waals surface area contributed by atoms with Gasteiger partial charge in [-0.05, 0) is 23.7 Å². The summed E-state index contributed by atoms with van der Waals surface area (Å²) in [7, 11) is 0. The molecule has 66 valence electrons. The Balaban J connectivity index is 2.69. The molecule has 0 spiro atoms. The van der Waals surface area contributed by atoms with E-state index >= 15 is 0 Å². The Kier molecular flexibility index (Phi) is 2.58. The molecule has 1 aliphatic rings. The first-order valence-corrected chi connectivity index (χ1v) is 4.77. The summed E-state index contributed by atoms with van der Waals surface area (Å²) in [4.78, 5) is 0. The number of rotatable bonds is 1. The minimum absolute atomic E-state index is 0.0602. The Morgan fingerprint density at radius 1 is 1.00 bits per heavy atom. The van der Waals surface area contributed by atoms with Gasteiger partial charge in [-0.15, -0.1) is 0 Å². The van der Waals surface area contributed by atoms with Gasteiger partial charge in [-0.1, -0.05) is 34.1 Å². The highest BCUT2D eigenvalue weighted by molar-refractivity contribution is 4.90. The second-order valence-electron chi connectivity index (χ2n) is 4.14. The van der Waals surface area contributed by atoms with E-state index in [0.29, 0.717) is 17.8 Å². The number of hydrogen-bond acceptors (Lipinski definition) is 1. The smallest absolute Gasteiger partial charge is 0.0596 e. The molecule has 1 rings (SSSR count). The summed E-state index contributed by atoms with van der Waals surface area (Å²) in [5, 5.41) is 9.74. The van der Waals surface area contributed by atoms with E-state index in [4.69, 9.17) is 0 Å².